The van der Waals surface area contributed by atoms with E-state index in [-0.39, 0.29) is 0 Å². The van der Waals surface area contributed by atoms with Crippen LogP contribution < -0.4 is 0 Å². The van der Waals surface area contributed by atoms with Crippen LogP contribution in [0.3, 0.4) is 0 Å². The van der Waals surface area contributed by atoms with Crippen molar-refractivity contribution in [1.82, 2.24) is 27.4 Å². The highest BCUT2D eigenvalue weighted by Gasteiger charge is 2.23. The van der Waals surface area contributed by atoms with Crippen LogP contribution in [0.15, 0.2) is 491 Å². The van der Waals surface area contributed by atoms with Gasteiger partial charge in [-0.05, 0) is 274 Å². The number of para-hydroxylation sites is 8. The summed E-state index contributed by atoms with van der Waals surface area (Å²) in [5.74, 6) is 0. The van der Waals surface area contributed by atoms with E-state index in [1.54, 1.807) is 0 Å². The molecule has 0 unspecified atom stereocenters. The van der Waals surface area contributed by atoms with E-state index >= 15 is 0 Å². The Morgan fingerprint density at radius 3 is 0.654 bits per heavy atom. The van der Waals surface area contributed by atoms with Crippen molar-refractivity contribution in [2.75, 3.05) is 0 Å². The SMILES string of the molecule is Cc1ccc(-c2cccc(-n3c4ccccc4c4cc(-c5ccc6c(c5)c5ccccc5n6-c5ccccc5)ccc43)c2)cc1.Cc1cccc(-c2cccc(-n3c4ccccc4c4cc(-c5ccc6c(c5)c5ccccc5n6-c5ccccc5)ccc43)c2)c1.[C-]#[N+]c1ccc2c(c1)c1cc(-c3ccc4c(c3)c3ccccc3n4-c3cccc(-c4ccccc4)c3)ccc1n2-c1ccccc1. The Kier molecular flexibility index (Phi) is 19.6. The van der Waals surface area contributed by atoms with Crippen molar-refractivity contribution >= 4 is 137 Å². The number of rotatable bonds is 12. The van der Waals surface area contributed by atoms with Crippen LogP contribution in [-0.2, 0) is 0 Å². The van der Waals surface area contributed by atoms with E-state index in [1.165, 1.54) is 199 Å². The van der Waals surface area contributed by atoms with Gasteiger partial charge in [-0.1, -0.05) is 314 Å². The molecule has 0 bridgehead atoms. The standard InChI is InChI=1S/C43H27N3.2C43H30N2/c1-44-33-21-24-43-39(28-33)38-27-32(20-23-42(38)45(43)34-14-6-3-7-15-34)31-19-22-41-37(26-31)36-17-8-9-18-40(36)46(41)35-16-10-13-30(25-35)29-11-4-2-5-12-29;1-29-11-9-12-30(25-29)31-13-10-16-35(26-31)45-41-20-8-6-18-37(41)39-28-33(22-24-43(39)45)32-21-23-42-38(27-32)36-17-5-7-19-40(36)44(42)34-14-3-2-4-15-34;1-29-18-20-30(21-19-29)31-10-9-13-35(26-31)45-41-17-8-6-15-37(41)39-28-33(23-25-43(39)45)32-22-24-42-38(27-32)36-14-5-7-16-40(36)44(42)34-11-3-2-4-12-34/h2-28H;2*2-28H,1H3. The first-order chi connectivity index (χ1) is 67.2. The van der Waals surface area contributed by atoms with E-state index in [9.17, 15) is 0 Å². The number of benzene rings is 21. The van der Waals surface area contributed by atoms with E-state index in [4.69, 9.17) is 6.57 Å². The van der Waals surface area contributed by atoms with Gasteiger partial charge in [0.25, 0.3) is 0 Å². The number of fused-ring (bicyclic) bond motifs is 18. The highest BCUT2D eigenvalue weighted by molar-refractivity contribution is 6.17. The average molecular weight is 1740 g/mol. The minimum absolute atomic E-state index is 0.649. The minimum Gasteiger partial charge on any atom is -0.309 e. The van der Waals surface area contributed by atoms with Crippen LogP contribution in [0.2, 0.25) is 0 Å². The van der Waals surface area contributed by atoms with Gasteiger partial charge >= 0.3 is 0 Å². The second-order valence-corrected chi connectivity index (χ2v) is 35.6. The van der Waals surface area contributed by atoms with Crippen molar-refractivity contribution in [3.63, 3.8) is 0 Å². The maximum atomic E-state index is 7.65. The highest BCUT2D eigenvalue weighted by Crippen LogP contribution is 2.46. The van der Waals surface area contributed by atoms with Gasteiger partial charge in [0, 0.05) is 93.4 Å². The van der Waals surface area contributed by atoms with E-state index in [0.717, 1.165) is 44.3 Å². The highest BCUT2D eigenvalue weighted by atomic mass is 15.0. The zero-order chi connectivity index (χ0) is 90.4. The number of aromatic nitrogens is 6. The monoisotopic (exact) mass is 1730 g/mol. The third kappa shape index (κ3) is 13.9. The second kappa shape index (κ2) is 33.4. The summed E-state index contributed by atoms with van der Waals surface area (Å²) in [6, 6.07) is 177. The Balaban J connectivity index is 0.000000109. The van der Waals surface area contributed by atoms with Gasteiger partial charge in [0.2, 0.25) is 0 Å². The van der Waals surface area contributed by atoms with Crippen LogP contribution in [0.5, 0.6) is 0 Å². The number of hydrogen-bond acceptors (Lipinski definition) is 0. The second-order valence-electron chi connectivity index (χ2n) is 35.6. The first-order valence-electron chi connectivity index (χ1n) is 46.5. The van der Waals surface area contributed by atoms with Crippen molar-refractivity contribution in [3.05, 3.63) is 514 Å². The maximum Gasteiger partial charge on any atom is 0.188 e. The first kappa shape index (κ1) is 80.0. The number of hydrogen-bond donors (Lipinski definition) is 0. The Morgan fingerprint density at radius 2 is 0.346 bits per heavy atom. The predicted octanol–water partition coefficient (Wildman–Crippen LogP) is 34.8. The zero-order valence-corrected chi connectivity index (χ0v) is 74.9. The fourth-order valence-corrected chi connectivity index (χ4v) is 21.1. The molecule has 6 aromatic heterocycles. The molecule has 0 N–H and O–H groups in total. The Bertz CT molecular complexity index is 9440. The Hall–Kier alpha value is -18.1. The van der Waals surface area contributed by atoms with Crippen LogP contribution in [-0.4, -0.2) is 27.4 Å². The van der Waals surface area contributed by atoms with Crippen molar-refractivity contribution in [2.24, 2.45) is 0 Å². The average Bonchev–Trinajstić information content (AvgIpc) is 1.46. The molecule has 27 rings (SSSR count). The molecule has 21 aromatic carbocycles. The summed E-state index contributed by atoms with van der Waals surface area (Å²) in [7, 11) is 0. The van der Waals surface area contributed by atoms with Gasteiger partial charge < -0.3 is 27.4 Å². The lowest BCUT2D eigenvalue weighted by atomic mass is 10.0. The molecule has 0 aliphatic heterocycles. The van der Waals surface area contributed by atoms with Gasteiger partial charge in [-0.2, -0.15) is 0 Å². The zero-order valence-electron chi connectivity index (χ0n) is 74.9. The largest absolute Gasteiger partial charge is 0.309 e. The maximum absolute atomic E-state index is 7.65. The molecule has 6 heterocycles. The summed E-state index contributed by atoms with van der Waals surface area (Å²) >= 11 is 0. The van der Waals surface area contributed by atoms with E-state index in [1.807, 2.05) is 18.2 Å². The molecule has 0 aliphatic rings. The van der Waals surface area contributed by atoms with Crippen LogP contribution >= 0.6 is 0 Å². The lowest BCUT2D eigenvalue weighted by Gasteiger charge is -2.11. The molecule has 0 amide bonds. The van der Waals surface area contributed by atoms with Crippen molar-refractivity contribution in [2.45, 2.75) is 13.8 Å². The summed E-state index contributed by atoms with van der Waals surface area (Å²) in [6.07, 6.45) is 0. The van der Waals surface area contributed by atoms with E-state index in [0.29, 0.717) is 5.69 Å². The molecule has 0 atom stereocenters. The molecule has 0 radical (unpaired) electrons. The summed E-state index contributed by atoms with van der Waals surface area (Å²) in [5, 5.41) is 14.8. The Morgan fingerprint density at radius 1 is 0.140 bits per heavy atom. The molecular weight excluding hydrogens is 1650 g/mol. The molecule has 0 aliphatic carbocycles. The summed E-state index contributed by atoms with van der Waals surface area (Å²) in [5.41, 5.74) is 39.0. The molecule has 638 valence electrons. The minimum atomic E-state index is 0.649. The first-order valence-corrected chi connectivity index (χ1v) is 46.5. The molecule has 0 saturated heterocycles. The molecule has 7 nitrogen and oxygen atoms in total. The van der Waals surface area contributed by atoms with Gasteiger partial charge in [-0.15, -0.1) is 0 Å². The fraction of sp³-hybridized carbons (Fsp3) is 0.0155. The summed E-state index contributed by atoms with van der Waals surface area (Å²) in [6.45, 7) is 11.9. The molecule has 7 heteroatoms. The summed E-state index contributed by atoms with van der Waals surface area (Å²) < 4.78 is 14.2. The third-order valence-corrected chi connectivity index (χ3v) is 27.4. The van der Waals surface area contributed by atoms with Crippen LogP contribution in [0.1, 0.15) is 11.1 Å². The molecule has 136 heavy (non-hydrogen) atoms. The van der Waals surface area contributed by atoms with Gasteiger partial charge in [0.1, 0.15) is 0 Å². The third-order valence-electron chi connectivity index (χ3n) is 27.4. The van der Waals surface area contributed by atoms with Gasteiger partial charge in [-0.3, -0.25) is 0 Å². The van der Waals surface area contributed by atoms with E-state index < -0.39 is 0 Å². The van der Waals surface area contributed by atoms with Crippen LogP contribution in [0.25, 0.3) is 237 Å². The quantitative estimate of drug-likeness (QED) is 0.109. The molecule has 0 fully saturated rings. The van der Waals surface area contributed by atoms with Crippen LogP contribution in [0.4, 0.5) is 5.69 Å². The van der Waals surface area contributed by atoms with Crippen molar-refractivity contribution in [3.8, 4) is 101 Å². The topological polar surface area (TPSA) is 33.9 Å². The van der Waals surface area contributed by atoms with Crippen molar-refractivity contribution in [1.29, 1.82) is 0 Å². The fourth-order valence-electron chi connectivity index (χ4n) is 21.1. The van der Waals surface area contributed by atoms with E-state index in [2.05, 4.69) is 519 Å². The molecular formula is C129H87N7. The lowest BCUT2D eigenvalue weighted by Crippen LogP contribution is -1.94. The van der Waals surface area contributed by atoms with Gasteiger partial charge in [-0.25, -0.2) is 4.85 Å². The molecule has 0 saturated carbocycles. The number of nitrogens with zero attached hydrogens (tertiary/aromatic N) is 7. The summed E-state index contributed by atoms with van der Waals surface area (Å²) in [4.78, 5) is 3.74. The number of aryl methyl sites for hydroxylation is 2. The van der Waals surface area contributed by atoms with Gasteiger partial charge in [0.05, 0.1) is 72.8 Å². The predicted molar refractivity (Wildman–Crippen MR) is 574 cm³/mol. The molecule has 0 spiro atoms. The van der Waals surface area contributed by atoms with Crippen LogP contribution in [0, 0.1) is 20.4 Å². The normalized spacial score (nSPS) is 11.6. The molecule has 27 aromatic rings. The Labute approximate surface area is 787 Å². The van der Waals surface area contributed by atoms with Gasteiger partial charge in [0.15, 0.2) is 5.69 Å². The lowest BCUT2D eigenvalue weighted by molar-refractivity contribution is 1.18. The smallest absolute Gasteiger partial charge is 0.188 e. The van der Waals surface area contributed by atoms with Crippen molar-refractivity contribution < 1.29 is 0 Å².